The van der Waals surface area contributed by atoms with Crippen LogP contribution in [0.2, 0.25) is 0 Å². The van der Waals surface area contributed by atoms with E-state index in [2.05, 4.69) is 21.3 Å². The van der Waals surface area contributed by atoms with E-state index in [-0.39, 0.29) is 23.1 Å². The van der Waals surface area contributed by atoms with E-state index in [0.717, 1.165) is 64.7 Å². The molecule has 26 heavy (non-hydrogen) atoms. The van der Waals surface area contributed by atoms with Gasteiger partial charge in [0.05, 0.1) is 11.3 Å². The molecule has 146 valence electrons. The number of piperidine rings is 2. The third-order valence-corrected chi connectivity index (χ3v) is 6.55. The summed E-state index contributed by atoms with van der Waals surface area (Å²) in [6, 6.07) is 0. The highest BCUT2D eigenvalue weighted by molar-refractivity contribution is 6.34. The number of carbonyl (C=O) groups excluding carboxylic acids is 2. The van der Waals surface area contributed by atoms with Gasteiger partial charge in [-0.05, 0) is 64.7 Å². The van der Waals surface area contributed by atoms with Crippen LogP contribution >= 0.6 is 0 Å². The molecule has 4 rings (SSSR count). The molecule has 2 amide bonds. The monoisotopic (exact) mass is 364 g/mol. The number of carbonyl (C=O) groups is 2. The average Bonchev–Trinajstić information content (AvgIpc) is 2.69. The molecule has 4 aliphatic heterocycles. The first kappa shape index (κ1) is 18.2. The van der Waals surface area contributed by atoms with Gasteiger partial charge in [-0.2, -0.15) is 0 Å². The van der Waals surface area contributed by atoms with Crippen LogP contribution in [0.3, 0.4) is 0 Å². The van der Waals surface area contributed by atoms with Crippen molar-refractivity contribution in [1.82, 2.24) is 31.1 Å². The van der Waals surface area contributed by atoms with Crippen LogP contribution in [-0.2, 0) is 9.59 Å². The van der Waals surface area contributed by atoms with Gasteiger partial charge in [0.2, 0.25) is 0 Å². The Morgan fingerprint density at radius 3 is 1.19 bits per heavy atom. The molecular formula is C18H32N6O2. The summed E-state index contributed by atoms with van der Waals surface area (Å²) in [5, 5.41) is 14.2. The van der Waals surface area contributed by atoms with E-state index in [9.17, 15) is 9.59 Å². The average molecular weight is 364 g/mol. The summed E-state index contributed by atoms with van der Waals surface area (Å²) >= 11 is 0. The maximum absolute atomic E-state index is 12.7. The van der Waals surface area contributed by atoms with Crippen LogP contribution in [0.25, 0.3) is 0 Å². The molecule has 0 saturated carbocycles. The second-order valence-corrected chi connectivity index (χ2v) is 8.16. The van der Waals surface area contributed by atoms with Crippen molar-refractivity contribution in [3.63, 3.8) is 0 Å². The van der Waals surface area contributed by atoms with E-state index >= 15 is 0 Å². The Bertz CT molecular complexity index is 474. The lowest BCUT2D eigenvalue weighted by atomic mass is 9.93. The Morgan fingerprint density at radius 2 is 0.885 bits per heavy atom. The minimum Gasteiger partial charge on any atom is -0.334 e. The molecular weight excluding hydrogens is 332 g/mol. The molecule has 4 N–H and O–H groups in total. The maximum atomic E-state index is 12.7. The number of amides is 2. The summed E-state index contributed by atoms with van der Waals surface area (Å²) in [5.41, 5.74) is -0.0677. The van der Waals surface area contributed by atoms with Crippen LogP contribution in [0.1, 0.15) is 38.5 Å². The van der Waals surface area contributed by atoms with Gasteiger partial charge in [-0.3, -0.25) is 30.9 Å². The number of hydrogen-bond donors (Lipinski definition) is 4. The van der Waals surface area contributed by atoms with Crippen molar-refractivity contribution in [3.05, 3.63) is 0 Å². The van der Waals surface area contributed by atoms with E-state index < -0.39 is 0 Å². The summed E-state index contributed by atoms with van der Waals surface area (Å²) in [5.74, 6) is -0.646. The molecule has 0 bridgehead atoms. The van der Waals surface area contributed by atoms with Crippen LogP contribution < -0.4 is 21.3 Å². The minimum atomic E-state index is -0.323. The van der Waals surface area contributed by atoms with Crippen molar-refractivity contribution in [2.75, 3.05) is 52.4 Å². The third-order valence-electron chi connectivity index (χ3n) is 6.55. The molecule has 4 heterocycles. The highest BCUT2D eigenvalue weighted by Crippen LogP contribution is 2.24. The van der Waals surface area contributed by atoms with Crippen molar-refractivity contribution >= 4 is 11.8 Å². The van der Waals surface area contributed by atoms with Gasteiger partial charge in [-0.15, -0.1) is 0 Å². The van der Waals surface area contributed by atoms with Gasteiger partial charge in [0.25, 0.3) is 0 Å². The van der Waals surface area contributed by atoms with Crippen LogP contribution in [-0.4, -0.2) is 85.3 Å². The molecule has 4 saturated heterocycles. The fraction of sp³-hybridized carbons (Fsp3) is 0.889. The Morgan fingerprint density at radius 1 is 0.577 bits per heavy atom. The SMILES string of the molecule is O=C(C(=O)N1CCC2(CC1)NCCCN2)N1CCC2(CC1)NCCCN2. The van der Waals surface area contributed by atoms with Gasteiger partial charge in [-0.25, -0.2) is 0 Å². The topological polar surface area (TPSA) is 88.7 Å². The van der Waals surface area contributed by atoms with Gasteiger partial charge in [0.1, 0.15) is 0 Å². The van der Waals surface area contributed by atoms with E-state index in [1.165, 1.54) is 0 Å². The highest BCUT2D eigenvalue weighted by atomic mass is 16.2. The normalized spacial score (nSPS) is 28.3. The summed E-state index contributed by atoms with van der Waals surface area (Å²) in [6.07, 6.45) is 5.74. The van der Waals surface area contributed by atoms with E-state index in [1.807, 2.05) is 0 Å². The second-order valence-electron chi connectivity index (χ2n) is 8.16. The van der Waals surface area contributed by atoms with Gasteiger partial charge in [-0.1, -0.05) is 0 Å². The Labute approximate surface area is 155 Å². The summed E-state index contributed by atoms with van der Waals surface area (Å²) < 4.78 is 0. The quantitative estimate of drug-likeness (QED) is 0.404. The molecule has 4 aliphatic rings. The summed E-state index contributed by atoms with van der Waals surface area (Å²) in [6.45, 7) is 6.68. The maximum Gasteiger partial charge on any atom is 0.312 e. The van der Waals surface area contributed by atoms with Crippen molar-refractivity contribution in [2.45, 2.75) is 49.9 Å². The van der Waals surface area contributed by atoms with Crippen LogP contribution in [0.5, 0.6) is 0 Å². The number of rotatable bonds is 0. The summed E-state index contributed by atoms with van der Waals surface area (Å²) in [4.78, 5) is 28.9. The molecule has 0 aliphatic carbocycles. The van der Waals surface area contributed by atoms with Gasteiger partial charge in [0, 0.05) is 26.2 Å². The van der Waals surface area contributed by atoms with Crippen LogP contribution in [0.15, 0.2) is 0 Å². The highest BCUT2D eigenvalue weighted by Gasteiger charge is 2.41. The molecule has 8 nitrogen and oxygen atoms in total. The zero-order chi connectivity index (χ0) is 18.0. The van der Waals surface area contributed by atoms with Crippen molar-refractivity contribution < 1.29 is 9.59 Å². The first-order chi connectivity index (χ1) is 12.6. The molecule has 2 spiro atoms. The van der Waals surface area contributed by atoms with E-state index in [1.54, 1.807) is 9.80 Å². The van der Waals surface area contributed by atoms with Crippen molar-refractivity contribution in [2.24, 2.45) is 0 Å². The van der Waals surface area contributed by atoms with Gasteiger partial charge < -0.3 is 9.80 Å². The zero-order valence-electron chi connectivity index (χ0n) is 15.6. The molecule has 0 aromatic rings. The molecule has 0 aromatic carbocycles. The zero-order valence-corrected chi connectivity index (χ0v) is 15.6. The fourth-order valence-corrected chi connectivity index (χ4v) is 4.77. The lowest BCUT2D eigenvalue weighted by Crippen LogP contribution is -2.67. The Hall–Kier alpha value is -1.22. The first-order valence-electron chi connectivity index (χ1n) is 10.2. The standard InChI is InChI=1S/C18H32N6O2/c25-15(23-11-3-17(4-12-23)19-7-1-8-20-17)16(26)24-13-5-18(6-14-24)21-9-2-10-22-18/h19-22H,1-14H2. The van der Waals surface area contributed by atoms with Crippen LogP contribution in [0, 0.1) is 0 Å². The predicted octanol–water partition coefficient (Wildman–Crippen LogP) is -1.21. The largest absolute Gasteiger partial charge is 0.334 e. The number of likely N-dealkylation sites (tertiary alicyclic amines) is 2. The van der Waals surface area contributed by atoms with Crippen LogP contribution in [0.4, 0.5) is 0 Å². The molecule has 4 fully saturated rings. The molecule has 0 unspecified atom stereocenters. The number of hydrogen-bond acceptors (Lipinski definition) is 6. The fourth-order valence-electron chi connectivity index (χ4n) is 4.77. The molecule has 0 aromatic heterocycles. The summed E-state index contributed by atoms with van der Waals surface area (Å²) in [7, 11) is 0. The Kier molecular flexibility index (Phi) is 5.18. The number of nitrogens with zero attached hydrogens (tertiary/aromatic N) is 2. The van der Waals surface area contributed by atoms with E-state index in [0.29, 0.717) is 26.2 Å². The van der Waals surface area contributed by atoms with Crippen molar-refractivity contribution in [1.29, 1.82) is 0 Å². The van der Waals surface area contributed by atoms with Gasteiger partial charge >= 0.3 is 11.8 Å². The third kappa shape index (κ3) is 3.60. The second kappa shape index (κ2) is 7.42. The lowest BCUT2D eigenvalue weighted by Gasteiger charge is -2.47. The van der Waals surface area contributed by atoms with Crippen molar-refractivity contribution in [3.8, 4) is 0 Å². The minimum absolute atomic E-state index is 0.0338. The first-order valence-corrected chi connectivity index (χ1v) is 10.2. The predicted molar refractivity (Wildman–Crippen MR) is 98.3 cm³/mol. The smallest absolute Gasteiger partial charge is 0.312 e. The van der Waals surface area contributed by atoms with E-state index in [4.69, 9.17) is 0 Å². The Balaban J connectivity index is 1.28. The lowest BCUT2D eigenvalue weighted by molar-refractivity contribution is -0.154. The number of nitrogens with one attached hydrogen (secondary N) is 4. The van der Waals surface area contributed by atoms with Gasteiger partial charge in [0.15, 0.2) is 0 Å². The molecule has 8 heteroatoms. The molecule has 0 atom stereocenters. The molecule has 0 radical (unpaired) electrons.